The Morgan fingerprint density at radius 2 is 1.96 bits per heavy atom. The summed E-state index contributed by atoms with van der Waals surface area (Å²) in [6.45, 7) is 3.83. The molecule has 1 aliphatic heterocycles. The van der Waals surface area contributed by atoms with Crippen LogP contribution in [0.2, 0.25) is 5.02 Å². The lowest BCUT2D eigenvalue weighted by atomic mass is 10.0. The lowest BCUT2D eigenvalue weighted by Gasteiger charge is -2.35. The Kier molecular flexibility index (Phi) is 8.66. The van der Waals surface area contributed by atoms with Crippen LogP contribution in [0.3, 0.4) is 0 Å². The van der Waals surface area contributed by atoms with Crippen LogP contribution >= 0.6 is 63.7 Å². The fraction of sp³-hybridized carbons (Fsp3) is 0.333. The van der Waals surface area contributed by atoms with Gasteiger partial charge in [-0.1, -0.05) is 33.6 Å². The minimum atomic E-state index is 0. The van der Waals surface area contributed by atoms with Gasteiger partial charge in [-0.3, -0.25) is 4.90 Å². The van der Waals surface area contributed by atoms with E-state index in [1.807, 2.05) is 12.1 Å². The molecule has 1 aliphatic rings. The lowest BCUT2D eigenvalue weighted by molar-refractivity contribution is 0.198. The summed E-state index contributed by atoms with van der Waals surface area (Å²) < 4.78 is 0.886. The standard InChI is InChI=1S/C15H16BrClN2OS.2ClH/c16-10-8-11(15(20)12(17)9-10)14(13-2-1-7-21-13)19-5-3-18-4-6-19;;/h1-2,7-9,14,18,20H,3-6H2;2*1H/t14-;;/m1../s1. The van der Waals surface area contributed by atoms with Gasteiger partial charge in [0, 0.05) is 41.1 Å². The van der Waals surface area contributed by atoms with Crippen molar-refractivity contribution in [3.63, 3.8) is 0 Å². The van der Waals surface area contributed by atoms with Crippen molar-refractivity contribution in [2.24, 2.45) is 0 Å². The van der Waals surface area contributed by atoms with E-state index in [1.165, 1.54) is 4.88 Å². The van der Waals surface area contributed by atoms with Crippen LogP contribution in [0.1, 0.15) is 16.5 Å². The second-order valence-corrected chi connectivity index (χ2v) is 7.33. The predicted molar refractivity (Wildman–Crippen MR) is 106 cm³/mol. The third-order valence-corrected chi connectivity index (χ3v) is 5.35. The van der Waals surface area contributed by atoms with Gasteiger partial charge >= 0.3 is 0 Å². The van der Waals surface area contributed by atoms with Gasteiger partial charge in [0.05, 0.1) is 11.1 Å². The van der Waals surface area contributed by atoms with E-state index in [9.17, 15) is 5.11 Å². The Morgan fingerprint density at radius 1 is 1.26 bits per heavy atom. The normalized spacial score (nSPS) is 16.3. The number of thiophene rings is 1. The third kappa shape index (κ3) is 4.75. The number of rotatable bonds is 3. The maximum absolute atomic E-state index is 10.4. The summed E-state index contributed by atoms with van der Waals surface area (Å²) in [6.07, 6.45) is 0. The number of phenols is 1. The number of aromatic hydroxyl groups is 1. The molecule has 3 rings (SSSR count). The highest BCUT2D eigenvalue weighted by atomic mass is 79.9. The molecule has 3 nitrogen and oxygen atoms in total. The third-order valence-electron chi connectivity index (χ3n) is 3.68. The largest absolute Gasteiger partial charge is 0.506 e. The van der Waals surface area contributed by atoms with Crippen molar-refractivity contribution in [3.05, 3.63) is 49.6 Å². The van der Waals surface area contributed by atoms with E-state index in [1.54, 1.807) is 17.4 Å². The Bertz CT molecular complexity index is 621. The predicted octanol–water partition coefficient (Wildman–Crippen LogP) is 4.71. The first-order chi connectivity index (χ1) is 10.2. The van der Waals surface area contributed by atoms with Gasteiger partial charge < -0.3 is 10.4 Å². The summed E-state index contributed by atoms with van der Waals surface area (Å²) >= 11 is 11.3. The van der Waals surface area contributed by atoms with Crippen LogP contribution in [0, 0.1) is 0 Å². The van der Waals surface area contributed by atoms with Gasteiger partial charge in [-0.2, -0.15) is 0 Å². The van der Waals surface area contributed by atoms with E-state index >= 15 is 0 Å². The van der Waals surface area contributed by atoms with E-state index in [0.717, 1.165) is 36.2 Å². The molecule has 8 heteroatoms. The minimum absolute atomic E-state index is 0. The van der Waals surface area contributed by atoms with Crippen LogP contribution in [0.4, 0.5) is 0 Å². The molecule has 1 saturated heterocycles. The molecule has 128 valence electrons. The summed E-state index contributed by atoms with van der Waals surface area (Å²) in [4.78, 5) is 3.61. The Balaban J connectivity index is 0.00000132. The average Bonchev–Trinajstić information content (AvgIpc) is 2.99. The summed E-state index contributed by atoms with van der Waals surface area (Å²) in [7, 11) is 0. The van der Waals surface area contributed by atoms with E-state index in [4.69, 9.17) is 11.6 Å². The fourth-order valence-electron chi connectivity index (χ4n) is 2.71. The Morgan fingerprint density at radius 3 is 2.57 bits per heavy atom. The van der Waals surface area contributed by atoms with Crippen molar-refractivity contribution in [1.29, 1.82) is 0 Å². The molecular weight excluding hydrogens is 443 g/mol. The zero-order chi connectivity index (χ0) is 14.8. The number of halogens is 4. The number of piperazine rings is 1. The first-order valence-corrected chi connectivity index (χ1v) is 8.88. The van der Waals surface area contributed by atoms with Gasteiger partial charge in [-0.15, -0.1) is 36.2 Å². The monoisotopic (exact) mass is 458 g/mol. The summed E-state index contributed by atoms with van der Waals surface area (Å²) in [5, 5.41) is 16.3. The van der Waals surface area contributed by atoms with Crippen molar-refractivity contribution < 1.29 is 5.11 Å². The van der Waals surface area contributed by atoms with Crippen molar-refractivity contribution in [1.82, 2.24) is 10.2 Å². The van der Waals surface area contributed by atoms with Crippen LogP contribution in [-0.2, 0) is 0 Å². The molecule has 1 aromatic carbocycles. The van der Waals surface area contributed by atoms with Gasteiger partial charge in [0.15, 0.2) is 0 Å². The molecule has 0 radical (unpaired) electrons. The highest BCUT2D eigenvalue weighted by Crippen LogP contribution is 2.41. The fourth-order valence-corrected chi connectivity index (χ4v) is 4.42. The number of nitrogens with one attached hydrogen (secondary N) is 1. The molecule has 2 N–H and O–H groups in total. The summed E-state index contributed by atoms with van der Waals surface area (Å²) in [5.74, 6) is 0.178. The maximum atomic E-state index is 10.4. The summed E-state index contributed by atoms with van der Waals surface area (Å²) in [6, 6.07) is 7.90. The van der Waals surface area contributed by atoms with Crippen LogP contribution in [-0.4, -0.2) is 36.2 Å². The summed E-state index contributed by atoms with van der Waals surface area (Å²) in [5.41, 5.74) is 0.860. The molecular formula is C15H18BrCl3N2OS. The van der Waals surface area contributed by atoms with Gasteiger partial charge in [0.2, 0.25) is 0 Å². The number of benzene rings is 1. The Labute approximate surface area is 166 Å². The highest BCUT2D eigenvalue weighted by molar-refractivity contribution is 9.10. The molecule has 1 atom stereocenters. The van der Waals surface area contributed by atoms with Crippen LogP contribution in [0.15, 0.2) is 34.1 Å². The zero-order valence-corrected chi connectivity index (χ0v) is 17.0. The number of hydrogen-bond acceptors (Lipinski definition) is 4. The Hall–Kier alpha value is -0.0100. The van der Waals surface area contributed by atoms with Crippen molar-refractivity contribution in [3.8, 4) is 5.75 Å². The first kappa shape index (κ1) is 21.0. The topological polar surface area (TPSA) is 35.5 Å². The molecule has 0 aliphatic carbocycles. The molecule has 0 unspecified atom stereocenters. The SMILES string of the molecule is Cl.Cl.Oc1c(Cl)cc(Br)cc1[C@H](c1cccs1)N1CCNCC1. The molecule has 0 saturated carbocycles. The molecule has 1 aromatic heterocycles. The van der Waals surface area contributed by atoms with Gasteiger partial charge in [-0.05, 0) is 23.6 Å². The molecule has 2 aromatic rings. The molecule has 1 fully saturated rings. The molecule has 23 heavy (non-hydrogen) atoms. The molecule has 0 bridgehead atoms. The first-order valence-electron chi connectivity index (χ1n) is 6.83. The molecule has 0 amide bonds. The number of nitrogens with zero attached hydrogens (tertiary/aromatic N) is 1. The number of phenolic OH excluding ortho intramolecular Hbond substituents is 1. The molecule has 0 spiro atoms. The highest BCUT2D eigenvalue weighted by Gasteiger charge is 2.28. The number of hydrogen-bond donors (Lipinski definition) is 2. The average molecular weight is 461 g/mol. The van der Waals surface area contributed by atoms with E-state index < -0.39 is 0 Å². The zero-order valence-electron chi connectivity index (χ0n) is 12.2. The quantitative estimate of drug-likeness (QED) is 0.697. The minimum Gasteiger partial charge on any atom is -0.506 e. The van der Waals surface area contributed by atoms with Gasteiger partial charge in [0.1, 0.15) is 5.75 Å². The van der Waals surface area contributed by atoms with Crippen LogP contribution in [0.5, 0.6) is 5.75 Å². The van der Waals surface area contributed by atoms with Crippen molar-refractivity contribution in [2.75, 3.05) is 26.2 Å². The second-order valence-electron chi connectivity index (χ2n) is 5.03. The van der Waals surface area contributed by atoms with E-state index in [-0.39, 0.29) is 36.6 Å². The van der Waals surface area contributed by atoms with Gasteiger partial charge in [-0.25, -0.2) is 0 Å². The van der Waals surface area contributed by atoms with Gasteiger partial charge in [0.25, 0.3) is 0 Å². The van der Waals surface area contributed by atoms with Crippen molar-refractivity contribution >= 4 is 63.7 Å². The maximum Gasteiger partial charge on any atom is 0.139 e. The van der Waals surface area contributed by atoms with E-state index in [0.29, 0.717) is 5.02 Å². The molecule has 2 heterocycles. The van der Waals surface area contributed by atoms with Crippen LogP contribution in [0.25, 0.3) is 0 Å². The smallest absolute Gasteiger partial charge is 0.139 e. The van der Waals surface area contributed by atoms with Crippen LogP contribution < -0.4 is 5.32 Å². The second kappa shape index (κ2) is 9.47. The van der Waals surface area contributed by atoms with Crippen molar-refractivity contribution in [2.45, 2.75) is 6.04 Å². The lowest BCUT2D eigenvalue weighted by Crippen LogP contribution is -2.45. The van der Waals surface area contributed by atoms with E-state index in [2.05, 4.69) is 37.6 Å².